The molecule has 0 aliphatic heterocycles. The molecule has 0 saturated carbocycles. The molecule has 78 valence electrons. The Bertz CT molecular complexity index is 379. The maximum atomic E-state index is 11.7. The minimum atomic E-state index is -0.181. The van der Waals surface area contributed by atoms with Crippen LogP contribution in [0, 0.1) is 19.8 Å². The van der Waals surface area contributed by atoms with Crippen molar-refractivity contribution in [1.29, 1.82) is 0 Å². The minimum Gasteiger partial charge on any atom is -0.362 e. The van der Waals surface area contributed by atoms with E-state index in [-0.39, 0.29) is 17.4 Å². The first-order valence-electron chi connectivity index (χ1n) is 4.89. The smallest absolute Gasteiger partial charge is 0.186 e. The van der Waals surface area contributed by atoms with Crippen molar-refractivity contribution >= 4 is 0 Å². The predicted octanol–water partition coefficient (Wildman–Crippen LogP) is 1.65. The molecule has 1 aromatic heterocycles. The van der Waals surface area contributed by atoms with Crippen molar-refractivity contribution in [1.82, 2.24) is 4.98 Å². The highest BCUT2D eigenvalue weighted by atomic mass is 16.1. The molecule has 0 amide bonds. The Kier molecular flexibility index (Phi) is 3.11. The zero-order valence-electron chi connectivity index (χ0n) is 9.22. The molecule has 1 rings (SSSR count). The lowest BCUT2D eigenvalue weighted by Gasteiger charge is -2.17. The highest BCUT2D eigenvalue weighted by Gasteiger charge is 2.16. The quantitative estimate of drug-likeness (QED) is 0.752. The molecule has 1 heterocycles. The Balaban J connectivity index is 3.28. The Morgan fingerprint density at radius 3 is 2.36 bits per heavy atom. The molecule has 0 saturated heterocycles. The monoisotopic (exact) mass is 194 g/mol. The van der Waals surface area contributed by atoms with Gasteiger partial charge in [0.2, 0.25) is 0 Å². The van der Waals surface area contributed by atoms with Gasteiger partial charge in [-0.05, 0) is 19.8 Å². The molecule has 0 fully saturated rings. The minimum absolute atomic E-state index is 0.0416. The number of aromatic nitrogens is 1. The molecule has 0 aliphatic carbocycles. The van der Waals surface area contributed by atoms with Crippen LogP contribution in [0.1, 0.15) is 36.8 Å². The first kappa shape index (κ1) is 11.0. The van der Waals surface area contributed by atoms with E-state index in [0.717, 1.165) is 11.4 Å². The van der Waals surface area contributed by atoms with Gasteiger partial charge >= 0.3 is 0 Å². The molecule has 3 nitrogen and oxygen atoms in total. The highest BCUT2D eigenvalue weighted by Crippen LogP contribution is 2.17. The second-order valence-corrected chi connectivity index (χ2v) is 4.13. The molecule has 0 aromatic carbocycles. The fraction of sp³-hybridized carbons (Fsp3) is 0.545. The van der Waals surface area contributed by atoms with Crippen molar-refractivity contribution in [2.45, 2.75) is 33.7 Å². The van der Waals surface area contributed by atoms with E-state index in [1.54, 1.807) is 6.07 Å². The van der Waals surface area contributed by atoms with Crippen molar-refractivity contribution in [2.24, 2.45) is 11.7 Å². The summed E-state index contributed by atoms with van der Waals surface area (Å²) in [6, 6.07) is 1.42. The van der Waals surface area contributed by atoms with Gasteiger partial charge in [0.1, 0.15) is 0 Å². The van der Waals surface area contributed by atoms with Crippen LogP contribution in [0.2, 0.25) is 0 Å². The van der Waals surface area contributed by atoms with E-state index in [1.807, 2.05) is 27.7 Å². The Hall–Kier alpha value is -1.09. The Morgan fingerprint density at radius 2 is 1.93 bits per heavy atom. The molecule has 0 bridgehead atoms. The number of pyridine rings is 1. The molecule has 1 atom stereocenters. The van der Waals surface area contributed by atoms with Crippen LogP contribution in [0.15, 0.2) is 10.9 Å². The van der Waals surface area contributed by atoms with Gasteiger partial charge in [0.15, 0.2) is 5.43 Å². The predicted molar refractivity (Wildman–Crippen MR) is 58.3 cm³/mol. The van der Waals surface area contributed by atoms with Crippen LogP contribution in [0.5, 0.6) is 0 Å². The first-order valence-corrected chi connectivity index (χ1v) is 4.89. The average Bonchev–Trinajstić information content (AvgIpc) is 2.01. The van der Waals surface area contributed by atoms with E-state index in [0.29, 0.717) is 5.56 Å². The molecule has 0 spiro atoms. The molecule has 3 N–H and O–H groups in total. The maximum Gasteiger partial charge on any atom is 0.186 e. The van der Waals surface area contributed by atoms with Gasteiger partial charge in [0.05, 0.1) is 0 Å². The lowest BCUT2D eigenvalue weighted by Crippen LogP contribution is -2.26. The first-order chi connectivity index (χ1) is 6.43. The SMILES string of the molecule is Cc1cc(=O)c([C@@H](N)C(C)C)c(C)[nH]1. The summed E-state index contributed by atoms with van der Waals surface area (Å²) >= 11 is 0. The number of nitrogens with two attached hydrogens (primary N) is 1. The fourth-order valence-corrected chi connectivity index (χ4v) is 1.61. The number of hydrogen-bond donors (Lipinski definition) is 2. The van der Waals surface area contributed by atoms with E-state index >= 15 is 0 Å². The molecule has 0 radical (unpaired) electrons. The third-order valence-electron chi connectivity index (χ3n) is 2.45. The van der Waals surface area contributed by atoms with Gasteiger partial charge < -0.3 is 10.7 Å². The van der Waals surface area contributed by atoms with Crippen molar-refractivity contribution in [3.8, 4) is 0 Å². The van der Waals surface area contributed by atoms with Crippen LogP contribution >= 0.6 is 0 Å². The fourth-order valence-electron chi connectivity index (χ4n) is 1.61. The normalized spacial score (nSPS) is 13.3. The number of aryl methyl sites for hydroxylation is 2. The Morgan fingerprint density at radius 1 is 1.36 bits per heavy atom. The highest BCUT2D eigenvalue weighted by molar-refractivity contribution is 5.25. The molecule has 14 heavy (non-hydrogen) atoms. The second-order valence-electron chi connectivity index (χ2n) is 4.13. The number of aromatic amines is 1. The standard InChI is InChI=1S/C11H18N2O/c1-6(2)11(12)10-8(4)13-7(3)5-9(10)14/h5-6,11H,12H2,1-4H3,(H,13,14)/t11-/m0/s1. The average molecular weight is 194 g/mol. The molecular formula is C11H18N2O. The number of H-pyrrole nitrogens is 1. The Labute approximate surface area is 84.3 Å². The summed E-state index contributed by atoms with van der Waals surface area (Å²) in [5, 5.41) is 0. The third kappa shape index (κ3) is 2.04. The number of hydrogen-bond acceptors (Lipinski definition) is 2. The van der Waals surface area contributed by atoms with Crippen LogP contribution in [0.25, 0.3) is 0 Å². The van der Waals surface area contributed by atoms with Gasteiger partial charge in [0, 0.05) is 29.1 Å². The molecule has 1 aromatic rings. The van der Waals surface area contributed by atoms with E-state index in [4.69, 9.17) is 5.73 Å². The zero-order chi connectivity index (χ0) is 10.9. The van der Waals surface area contributed by atoms with Gasteiger partial charge in [0.25, 0.3) is 0 Å². The largest absolute Gasteiger partial charge is 0.362 e. The van der Waals surface area contributed by atoms with E-state index in [2.05, 4.69) is 4.98 Å². The number of rotatable bonds is 2. The van der Waals surface area contributed by atoms with E-state index in [1.165, 1.54) is 0 Å². The van der Waals surface area contributed by atoms with Crippen LogP contribution in [-0.4, -0.2) is 4.98 Å². The molecule has 0 unspecified atom stereocenters. The summed E-state index contributed by atoms with van der Waals surface area (Å²) in [6.07, 6.45) is 0. The molecule has 0 aliphatic rings. The zero-order valence-corrected chi connectivity index (χ0v) is 9.22. The lowest BCUT2D eigenvalue weighted by atomic mass is 9.95. The number of nitrogens with one attached hydrogen (secondary N) is 1. The summed E-state index contributed by atoms with van der Waals surface area (Å²) in [4.78, 5) is 14.8. The maximum absolute atomic E-state index is 11.7. The molecular weight excluding hydrogens is 176 g/mol. The van der Waals surface area contributed by atoms with Crippen LogP contribution in [0.4, 0.5) is 0 Å². The van der Waals surface area contributed by atoms with E-state index < -0.39 is 0 Å². The van der Waals surface area contributed by atoms with Gasteiger partial charge in [-0.2, -0.15) is 0 Å². The van der Waals surface area contributed by atoms with Crippen molar-refractivity contribution in [3.05, 3.63) is 33.2 Å². The summed E-state index contributed by atoms with van der Waals surface area (Å²) in [5.74, 6) is 0.275. The van der Waals surface area contributed by atoms with Crippen molar-refractivity contribution in [3.63, 3.8) is 0 Å². The van der Waals surface area contributed by atoms with Gasteiger partial charge in [-0.15, -0.1) is 0 Å². The summed E-state index contributed by atoms with van der Waals surface area (Å²) in [6.45, 7) is 7.80. The topological polar surface area (TPSA) is 58.9 Å². The summed E-state index contributed by atoms with van der Waals surface area (Å²) < 4.78 is 0. The molecule has 3 heteroatoms. The van der Waals surface area contributed by atoms with E-state index in [9.17, 15) is 4.79 Å². The lowest BCUT2D eigenvalue weighted by molar-refractivity contribution is 0.507. The van der Waals surface area contributed by atoms with Crippen LogP contribution in [0.3, 0.4) is 0 Å². The van der Waals surface area contributed by atoms with Crippen molar-refractivity contribution in [2.75, 3.05) is 0 Å². The van der Waals surface area contributed by atoms with Gasteiger partial charge in [-0.25, -0.2) is 0 Å². The second kappa shape index (κ2) is 3.96. The summed E-state index contributed by atoms with van der Waals surface area (Å²) in [7, 11) is 0. The van der Waals surface area contributed by atoms with Gasteiger partial charge in [-0.1, -0.05) is 13.8 Å². The van der Waals surface area contributed by atoms with Crippen LogP contribution < -0.4 is 11.2 Å². The summed E-state index contributed by atoms with van der Waals surface area (Å²) in [5.41, 5.74) is 8.49. The van der Waals surface area contributed by atoms with Gasteiger partial charge in [-0.3, -0.25) is 4.79 Å². The third-order valence-corrected chi connectivity index (χ3v) is 2.45. The van der Waals surface area contributed by atoms with Crippen molar-refractivity contribution < 1.29 is 0 Å². The van der Waals surface area contributed by atoms with Crippen LogP contribution in [-0.2, 0) is 0 Å².